The molecule has 1 N–H and O–H groups in total. The SMILES string of the molecule is CCCCCCCCCCCCCCCCCCCCCCCCCCCCC(=O)OC(COC(=O)CCCCCCCCC)COC(OCC[N+](C)(C)C)C(=O)O. The minimum Gasteiger partial charge on any atom is -0.477 e. The van der Waals surface area contributed by atoms with E-state index in [4.69, 9.17) is 18.9 Å². The molecule has 2 atom stereocenters. The molecular formula is C49H96NO8+. The fourth-order valence-electron chi connectivity index (χ4n) is 7.25. The highest BCUT2D eigenvalue weighted by atomic mass is 16.7. The second-order valence-electron chi connectivity index (χ2n) is 18.1. The molecule has 9 heteroatoms. The van der Waals surface area contributed by atoms with Crippen LogP contribution in [0.4, 0.5) is 0 Å². The van der Waals surface area contributed by atoms with Gasteiger partial charge in [-0.15, -0.1) is 0 Å². The number of rotatable bonds is 46. The van der Waals surface area contributed by atoms with Crippen LogP contribution in [-0.2, 0) is 33.3 Å². The Morgan fingerprint density at radius 2 is 0.776 bits per heavy atom. The zero-order valence-corrected chi connectivity index (χ0v) is 39.0. The summed E-state index contributed by atoms with van der Waals surface area (Å²) in [6, 6.07) is 0. The summed E-state index contributed by atoms with van der Waals surface area (Å²) in [4.78, 5) is 36.9. The van der Waals surface area contributed by atoms with E-state index in [-0.39, 0.29) is 38.2 Å². The predicted octanol–water partition coefficient (Wildman–Crippen LogP) is 13.3. The average Bonchev–Trinajstić information content (AvgIpc) is 3.18. The first kappa shape index (κ1) is 56.3. The number of unbranched alkanes of at least 4 members (excludes halogenated alkanes) is 31. The number of aliphatic carboxylic acids is 1. The maximum absolute atomic E-state index is 12.7. The molecule has 0 aliphatic heterocycles. The summed E-state index contributed by atoms with van der Waals surface area (Å²) < 4.78 is 22.7. The number of ether oxygens (including phenoxy) is 4. The largest absolute Gasteiger partial charge is 0.477 e. The van der Waals surface area contributed by atoms with Gasteiger partial charge in [-0.25, -0.2) is 4.79 Å². The Kier molecular flexibility index (Phi) is 40.8. The molecule has 0 spiro atoms. The first-order valence-corrected chi connectivity index (χ1v) is 24.7. The van der Waals surface area contributed by atoms with Crippen LogP contribution in [0.1, 0.15) is 239 Å². The van der Waals surface area contributed by atoms with Gasteiger partial charge in [0.25, 0.3) is 6.29 Å². The highest BCUT2D eigenvalue weighted by Gasteiger charge is 2.25. The van der Waals surface area contributed by atoms with E-state index in [9.17, 15) is 19.5 Å². The van der Waals surface area contributed by atoms with Gasteiger partial charge >= 0.3 is 17.9 Å². The zero-order valence-electron chi connectivity index (χ0n) is 39.0. The van der Waals surface area contributed by atoms with E-state index in [2.05, 4.69) is 13.8 Å². The standard InChI is InChI=1S/C49H95NO8/c1-6-8-10-12-14-15-16-17-18-19-20-21-22-23-24-25-26-27-28-29-30-31-32-34-36-38-40-47(52)58-45(43-56-46(51)39-37-35-33-13-11-9-7-2)44-57-49(48(53)54)55-42-41-50(3,4)5/h45,49H,6-44H2,1-5H3/p+1. The van der Waals surface area contributed by atoms with Gasteiger partial charge in [0.05, 0.1) is 34.4 Å². The van der Waals surface area contributed by atoms with Gasteiger partial charge < -0.3 is 28.5 Å². The average molecular weight is 827 g/mol. The monoisotopic (exact) mass is 827 g/mol. The number of carbonyl (C=O) groups excluding carboxylic acids is 2. The lowest BCUT2D eigenvalue weighted by atomic mass is 10.0. The van der Waals surface area contributed by atoms with E-state index in [1.165, 1.54) is 173 Å². The second-order valence-corrected chi connectivity index (χ2v) is 18.1. The lowest BCUT2D eigenvalue weighted by Crippen LogP contribution is -2.40. The molecule has 0 saturated heterocycles. The zero-order chi connectivity index (χ0) is 42.8. The van der Waals surface area contributed by atoms with Gasteiger partial charge in [-0.3, -0.25) is 9.59 Å². The lowest BCUT2D eigenvalue weighted by molar-refractivity contribution is -0.870. The second kappa shape index (κ2) is 42.0. The van der Waals surface area contributed by atoms with Crippen LogP contribution in [0, 0.1) is 0 Å². The Morgan fingerprint density at radius 1 is 0.448 bits per heavy atom. The van der Waals surface area contributed by atoms with Crippen molar-refractivity contribution in [3.05, 3.63) is 0 Å². The third-order valence-electron chi connectivity index (χ3n) is 11.1. The van der Waals surface area contributed by atoms with Crippen molar-refractivity contribution >= 4 is 17.9 Å². The van der Waals surface area contributed by atoms with Crippen LogP contribution in [0.15, 0.2) is 0 Å². The molecule has 0 aliphatic carbocycles. The summed E-state index contributed by atoms with van der Waals surface area (Å²) in [7, 11) is 5.96. The summed E-state index contributed by atoms with van der Waals surface area (Å²) in [5, 5.41) is 9.61. The van der Waals surface area contributed by atoms with Gasteiger partial charge in [-0.1, -0.05) is 213 Å². The van der Waals surface area contributed by atoms with Gasteiger partial charge in [0.1, 0.15) is 13.2 Å². The number of quaternary nitrogens is 1. The minimum atomic E-state index is -1.50. The highest BCUT2D eigenvalue weighted by Crippen LogP contribution is 2.17. The Hall–Kier alpha value is -1.71. The minimum absolute atomic E-state index is 0.175. The van der Waals surface area contributed by atoms with Crippen LogP contribution >= 0.6 is 0 Å². The van der Waals surface area contributed by atoms with Crippen LogP contribution in [0.2, 0.25) is 0 Å². The van der Waals surface area contributed by atoms with Crippen molar-refractivity contribution in [2.24, 2.45) is 0 Å². The molecule has 0 bridgehead atoms. The third kappa shape index (κ3) is 42.4. The van der Waals surface area contributed by atoms with E-state index in [0.717, 1.165) is 38.5 Å². The summed E-state index contributed by atoms with van der Waals surface area (Å²) in [6.45, 7) is 4.86. The molecule has 344 valence electrons. The number of carbonyl (C=O) groups is 3. The summed E-state index contributed by atoms with van der Waals surface area (Å²) in [5.74, 6) is -1.99. The van der Waals surface area contributed by atoms with Crippen molar-refractivity contribution in [3.63, 3.8) is 0 Å². The van der Waals surface area contributed by atoms with E-state index < -0.39 is 18.4 Å². The first-order chi connectivity index (χ1) is 28.1. The quantitative estimate of drug-likeness (QED) is 0.0280. The number of nitrogens with zero attached hydrogens (tertiary/aromatic N) is 1. The highest BCUT2D eigenvalue weighted by molar-refractivity contribution is 5.71. The van der Waals surface area contributed by atoms with Gasteiger partial charge in [-0.2, -0.15) is 0 Å². The fraction of sp³-hybridized carbons (Fsp3) is 0.939. The smallest absolute Gasteiger partial charge is 0.361 e. The molecule has 0 aromatic heterocycles. The molecule has 0 heterocycles. The van der Waals surface area contributed by atoms with Crippen LogP contribution in [0.5, 0.6) is 0 Å². The molecule has 0 aliphatic rings. The van der Waals surface area contributed by atoms with E-state index in [1.54, 1.807) is 0 Å². The number of carboxylic acid groups (broad SMARTS) is 1. The molecule has 9 nitrogen and oxygen atoms in total. The maximum atomic E-state index is 12.7. The van der Waals surface area contributed by atoms with Gasteiger partial charge in [0.2, 0.25) is 0 Å². The molecule has 0 aromatic rings. The molecule has 2 unspecified atom stereocenters. The third-order valence-corrected chi connectivity index (χ3v) is 11.1. The topological polar surface area (TPSA) is 108 Å². The number of carboxylic acids is 1. The van der Waals surface area contributed by atoms with Gasteiger partial charge in [0, 0.05) is 12.8 Å². The Balaban J connectivity index is 4.06. The summed E-state index contributed by atoms with van der Waals surface area (Å²) in [5.41, 5.74) is 0. The molecule has 0 fully saturated rings. The number of hydrogen-bond acceptors (Lipinski definition) is 7. The van der Waals surface area contributed by atoms with Crippen molar-refractivity contribution in [2.45, 2.75) is 251 Å². The van der Waals surface area contributed by atoms with Crippen molar-refractivity contribution in [3.8, 4) is 0 Å². The Bertz CT molecular complexity index is 923. The summed E-state index contributed by atoms with van der Waals surface area (Å²) in [6.07, 6.45) is 40.6. The molecular weight excluding hydrogens is 731 g/mol. The van der Waals surface area contributed by atoms with Crippen molar-refractivity contribution in [1.29, 1.82) is 0 Å². The van der Waals surface area contributed by atoms with Gasteiger partial charge in [0.15, 0.2) is 6.10 Å². The number of esters is 2. The predicted molar refractivity (Wildman–Crippen MR) is 240 cm³/mol. The maximum Gasteiger partial charge on any atom is 0.361 e. The van der Waals surface area contributed by atoms with Crippen molar-refractivity contribution in [2.75, 3.05) is 47.5 Å². The molecule has 58 heavy (non-hydrogen) atoms. The van der Waals surface area contributed by atoms with E-state index in [0.29, 0.717) is 17.4 Å². The molecule has 0 aromatic carbocycles. The first-order valence-electron chi connectivity index (χ1n) is 24.7. The van der Waals surface area contributed by atoms with Crippen LogP contribution in [0.25, 0.3) is 0 Å². The lowest BCUT2D eigenvalue weighted by Gasteiger charge is -2.25. The molecule has 0 rings (SSSR count). The van der Waals surface area contributed by atoms with Crippen molar-refractivity contribution in [1.82, 2.24) is 0 Å². The van der Waals surface area contributed by atoms with E-state index >= 15 is 0 Å². The van der Waals surface area contributed by atoms with Crippen LogP contribution < -0.4 is 0 Å². The van der Waals surface area contributed by atoms with Crippen LogP contribution in [0.3, 0.4) is 0 Å². The molecule has 0 amide bonds. The Morgan fingerprint density at radius 3 is 1.10 bits per heavy atom. The number of hydrogen-bond donors (Lipinski definition) is 1. The normalized spacial score (nSPS) is 12.8. The molecule has 0 radical (unpaired) electrons. The van der Waals surface area contributed by atoms with Crippen LogP contribution in [-0.4, -0.2) is 87.4 Å². The fourth-order valence-corrected chi connectivity index (χ4v) is 7.25. The molecule has 0 saturated carbocycles. The number of likely N-dealkylation sites (N-methyl/N-ethyl adjacent to an activating group) is 1. The Labute approximate surface area is 358 Å². The van der Waals surface area contributed by atoms with Gasteiger partial charge in [-0.05, 0) is 12.8 Å². The van der Waals surface area contributed by atoms with E-state index in [1.807, 2.05) is 21.1 Å². The summed E-state index contributed by atoms with van der Waals surface area (Å²) >= 11 is 0. The van der Waals surface area contributed by atoms with Crippen molar-refractivity contribution < 1.29 is 42.9 Å².